The summed E-state index contributed by atoms with van der Waals surface area (Å²) in [5.41, 5.74) is 2.11. The number of halogens is 1. The molecule has 2 aromatic carbocycles. The van der Waals surface area contributed by atoms with E-state index in [4.69, 9.17) is 21.1 Å². The second-order valence-corrected chi connectivity index (χ2v) is 20.4. The first kappa shape index (κ1) is 40.8. The first-order valence-electron chi connectivity index (χ1n) is 21.2. The molecule has 6 aliphatic rings. The zero-order valence-corrected chi connectivity index (χ0v) is 35.2. The second kappa shape index (κ2) is 16.6. The largest absolute Gasteiger partial charge is 0.490 e. The van der Waals surface area contributed by atoms with Crippen LogP contribution in [0.2, 0.25) is 5.02 Å². The Balaban J connectivity index is 1.09. The first-order chi connectivity index (χ1) is 27.3. The molecule has 0 aromatic heterocycles. The van der Waals surface area contributed by atoms with Crippen LogP contribution in [-0.4, -0.2) is 136 Å². The highest BCUT2D eigenvalue weighted by Gasteiger charge is 2.50. The molecule has 2 N–H and O–H groups in total. The maximum absolute atomic E-state index is 13.7. The number of carbonyl (C=O) groups is 2. The summed E-state index contributed by atoms with van der Waals surface area (Å²) in [7, 11) is -4.00. The number of fused-ring (bicyclic) bond motifs is 4. The highest BCUT2D eigenvalue weighted by molar-refractivity contribution is 7.90. The number of morpholine rings is 1. The smallest absolute Gasteiger partial charge is 0.264 e. The van der Waals surface area contributed by atoms with Crippen LogP contribution in [0.15, 0.2) is 36.4 Å². The number of nitrogens with one attached hydrogen (secondary N) is 1. The van der Waals surface area contributed by atoms with E-state index in [1.54, 1.807) is 25.1 Å². The van der Waals surface area contributed by atoms with Gasteiger partial charge in [0.1, 0.15) is 5.75 Å². The average molecular weight is 827 g/mol. The van der Waals surface area contributed by atoms with Crippen molar-refractivity contribution in [1.82, 2.24) is 19.4 Å². The van der Waals surface area contributed by atoms with Crippen molar-refractivity contribution in [3.05, 3.63) is 58.1 Å². The fourth-order valence-corrected chi connectivity index (χ4v) is 12.1. The Morgan fingerprint density at radius 1 is 0.947 bits per heavy atom. The van der Waals surface area contributed by atoms with Gasteiger partial charge in [-0.3, -0.25) is 19.4 Å². The fourth-order valence-electron chi connectivity index (χ4n) is 10.6. The number of β-amino-alcohol motifs (C(OH)–C–C–N with tert-alkyl or cyclic N) is 1. The molecule has 8 rings (SSSR count). The summed E-state index contributed by atoms with van der Waals surface area (Å²) in [5, 5.41) is 12.8. The Labute approximate surface area is 343 Å². The number of hydrogen-bond donors (Lipinski definition) is 2. The molecule has 0 unspecified atom stereocenters. The highest BCUT2D eigenvalue weighted by Crippen LogP contribution is 2.49. The van der Waals surface area contributed by atoms with Gasteiger partial charge in [0, 0.05) is 74.9 Å². The summed E-state index contributed by atoms with van der Waals surface area (Å²) in [6.45, 7) is 12.1. The number of amides is 2. The molecule has 3 fully saturated rings. The fraction of sp³-hybridized carbons (Fsp3) is 0.674. The van der Waals surface area contributed by atoms with Gasteiger partial charge in [0.15, 0.2) is 0 Å². The Hall–Kier alpha value is -2.94. The summed E-state index contributed by atoms with van der Waals surface area (Å²) in [6, 6.07) is 11.4. The van der Waals surface area contributed by atoms with Gasteiger partial charge in [-0.1, -0.05) is 31.0 Å². The molecule has 2 aromatic rings. The Bertz CT molecular complexity index is 1930. The van der Waals surface area contributed by atoms with E-state index in [2.05, 4.69) is 31.6 Å². The zero-order valence-electron chi connectivity index (χ0n) is 33.6. The number of sulfonamides is 1. The van der Waals surface area contributed by atoms with Gasteiger partial charge in [-0.2, -0.15) is 0 Å². The van der Waals surface area contributed by atoms with Crippen LogP contribution < -0.4 is 14.4 Å². The Morgan fingerprint density at radius 2 is 1.77 bits per heavy atom. The number of piperazine rings is 1. The lowest BCUT2D eigenvalue weighted by atomic mass is 9.62. The molecule has 2 saturated heterocycles. The van der Waals surface area contributed by atoms with Crippen LogP contribution in [0.4, 0.5) is 5.69 Å². The summed E-state index contributed by atoms with van der Waals surface area (Å²) in [5.74, 6) is 0.0191. The predicted molar refractivity (Wildman–Crippen MR) is 221 cm³/mol. The maximum atomic E-state index is 13.7. The van der Waals surface area contributed by atoms with Crippen molar-refractivity contribution in [2.75, 3.05) is 90.2 Å². The van der Waals surface area contributed by atoms with Gasteiger partial charge in [0.05, 0.1) is 42.9 Å². The molecular formula is C43H60ClN5O7S. The lowest BCUT2D eigenvalue weighted by Crippen LogP contribution is -2.60. The van der Waals surface area contributed by atoms with Crippen molar-refractivity contribution < 1.29 is 32.6 Å². The number of carbonyl (C=O) groups excluding carboxylic acids is 2. The molecule has 4 heterocycles. The van der Waals surface area contributed by atoms with E-state index in [9.17, 15) is 23.1 Å². The van der Waals surface area contributed by atoms with Crippen LogP contribution in [0.5, 0.6) is 5.75 Å². The third kappa shape index (κ3) is 8.57. The summed E-state index contributed by atoms with van der Waals surface area (Å²) in [6.07, 6.45) is 6.42. The molecule has 1 saturated carbocycles. The standard InChI is InChI=1S/C43H60ClN5O7S/c1-30-5-3-14-43(52,28-47-16-18-48(40(50)26-47)17-15-46-19-21-55-22-20-46)37-10-7-34(37)25-49-27-42(13-4-6-32-23-35(44)9-11-36(32)42)29-56-39-12-8-33(24-38(39)49)41(51)45-57(53,54)31(30)2/h8-9,11-12,23-24,30-31,34,37,52H,3-7,10,13-22,25-29H2,1-2H3,(H,45,51)/t30-,31+,34-,37+,42-,43+/m0/s1. The average Bonchev–Trinajstić information content (AvgIpc) is 3.32. The van der Waals surface area contributed by atoms with Crippen molar-refractivity contribution in [2.45, 2.75) is 81.5 Å². The molecule has 2 aliphatic carbocycles. The maximum Gasteiger partial charge on any atom is 0.264 e. The lowest BCUT2D eigenvalue weighted by molar-refractivity contribution is -0.142. The van der Waals surface area contributed by atoms with Crippen LogP contribution in [0, 0.1) is 17.8 Å². The van der Waals surface area contributed by atoms with E-state index in [1.165, 1.54) is 11.1 Å². The first-order valence-corrected chi connectivity index (χ1v) is 23.1. The van der Waals surface area contributed by atoms with Crippen LogP contribution in [0.25, 0.3) is 0 Å². The minimum atomic E-state index is -4.00. The number of hydrogen-bond acceptors (Lipinski definition) is 10. The van der Waals surface area contributed by atoms with Gasteiger partial charge >= 0.3 is 0 Å². The highest BCUT2D eigenvalue weighted by atomic mass is 35.5. The topological polar surface area (TPSA) is 132 Å². The quantitative estimate of drug-likeness (QED) is 0.450. The number of rotatable bonds is 5. The number of aliphatic hydroxyl groups is 1. The number of nitrogens with zero attached hydrogens (tertiary/aromatic N) is 4. The van der Waals surface area contributed by atoms with E-state index >= 15 is 0 Å². The number of aryl methyl sites for hydroxylation is 1. The minimum absolute atomic E-state index is 0.0104. The molecular weight excluding hydrogens is 766 g/mol. The van der Waals surface area contributed by atoms with Crippen LogP contribution in [0.1, 0.15) is 80.3 Å². The molecule has 2 bridgehead atoms. The van der Waals surface area contributed by atoms with Gasteiger partial charge in [-0.15, -0.1) is 0 Å². The lowest BCUT2D eigenvalue weighted by Gasteiger charge is -2.52. The summed E-state index contributed by atoms with van der Waals surface area (Å²) < 4.78 is 41.8. The molecule has 0 radical (unpaired) electrons. The number of anilines is 1. The molecule has 6 atom stereocenters. The molecule has 4 aliphatic heterocycles. The van der Waals surface area contributed by atoms with Crippen LogP contribution in [-0.2, 0) is 31.4 Å². The third-order valence-corrected chi connectivity index (χ3v) is 16.5. The molecule has 2 amide bonds. The van der Waals surface area contributed by atoms with E-state index in [0.717, 1.165) is 75.7 Å². The monoisotopic (exact) mass is 825 g/mol. The van der Waals surface area contributed by atoms with Crippen molar-refractivity contribution in [2.24, 2.45) is 17.8 Å². The number of ether oxygens (including phenoxy) is 2. The normalized spacial score (nSPS) is 32.7. The predicted octanol–water partition coefficient (Wildman–Crippen LogP) is 4.31. The van der Waals surface area contributed by atoms with Gasteiger partial charge in [0.2, 0.25) is 15.9 Å². The van der Waals surface area contributed by atoms with E-state index in [1.807, 2.05) is 17.9 Å². The molecule has 312 valence electrons. The molecule has 57 heavy (non-hydrogen) atoms. The van der Waals surface area contributed by atoms with Gasteiger partial charge < -0.3 is 24.4 Å². The molecule has 14 heteroatoms. The van der Waals surface area contributed by atoms with Crippen LogP contribution in [0.3, 0.4) is 0 Å². The molecule has 1 spiro atoms. The number of benzene rings is 2. The van der Waals surface area contributed by atoms with E-state index in [-0.39, 0.29) is 41.2 Å². The minimum Gasteiger partial charge on any atom is -0.490 e. The van der Waals surface area contributed by atoms with Crippen molar-refractivity contribution in [3.8, 4) is 5.75 Å². The van der Waals surface area contributed by atoms with Crippen LogP contribution >= 0.6 is 11.6 Å². The van der Waals surface area contributed by atoms with E-state index in [0.29, 0.717) is 70.9 Å². The summed E-state index contributed by atoms with van der Waals surface area (Å²) in [4.78, 5) is 36.0. The third-order valence-electron chi connectivity index (χ3n) is 14.3. The summed E-state index contributed by atoms with van der Waals surface area (Å²) >= 11 is 6.49. The van der Waals surface area contributed by atoms with Crippen molar-refractivity contribution in [1.29, 1.82) is 0 Å². The van der Waals surface area contributed by atoms with Crippen molar-refractivity contribution >= 4 is 39.1 Å². The van der Waals surface area contributed by atoms with Gasteiger partial charge in [-0.05, 0) is 111 Å². The second-order valence-electron chi connectivity index (χ2n) is 17.9. The molecule has 12 nitrogen and oxygen atoms in total. The SMILES string of the molecule is C[C@@H]1[C@@H](C)CCC[C@@](O)(CN2CCN(CCN3CCOCC3)C(=O)C2)[C@@H]2CC[C@H]2CN2C[C@@]3(CCCc4cc(Cl)ccc43)COc3ccc(cc32)C(=O)NS1(=O)=O. The van der Waals surface area contributed by atoms with E-state index < -0.39 is 26.8 Å². The van der Waals surface area contributed by atoms with Gasteiger partial charge in [-0.25, -0.2) is 13.1 Å². The van der Waals surface area contributed by atoms with Crippen molar-refractivity contribution in [3.63, 3.8) is 0 Å². The zero-order chi connectivity index (χ0) is 40.0. The Kier molecular flexibility index (Phi) is 11.9. The van der Waals surface area contributed by atoms with Gasteiger partial charge in [0.25, 0.3) is 5.91 Å². The Morgan fingerprint density at radius 3 is 2.54 bits per heavy atom.